The van der Waals surface area contributed by atoms with Gasteiger partial charge in [-0.25, -0.2) is 0 Å². The summed E-state index contributed by atoms with van der Waals surface area (Å²) in [7, 11) is 0. The Labute approximate surface area is 157 Å². The molecule has 0 aromatic heterocycles. The predicted octanol–water partition coefficient (Wildman–Crippen LogP) is 3.78. The fourth-order valence-corrected chi connectivity index (χ4v) is 2.96. The SMILES string of the molecule is O=C(CCC(=O)c1ccccc1)NCc1cc(Cl)c2c(c1)OCCCO2. The zero-order valence-corrected chi connectivity index (χ0v) is 15.1. The van der Waals surface area contributed by atoms with Gasteiger partial charge in [0.15, 0.2) is 17.3 Å². The molecule has 1 aliphatic rings. The first kappa shape index (κ1) is 18.3. The van der Waals surface area contributed by atoms with Crippen LogP contribution in [0.4, 0.5) is 0 Å². The summed E-state index contributed by atoms with van der Waals surface area (Å²) in [5.74, 6) is 0.920. The Morgan fingerprint density at radius 2 is 1.81 bits per heavy atom. The molecule has 26 heavy (non-hydrogen) atoms. The van der Waals surface area contributed by atoms with Crippen LogP contribution in [-0.4, -0.2) is 24.9 Å². The lowest BCUT2D eigenvalue weighted by Gasteiger charge is -2.12. The Balaban J connectivity index is 1.52. The molecule has 2 aromatic rings. The number of hydrogen-bond acceptors (Lipinski definition) is 4. The molecule has 0 unspecified atom stereocenters. The smallest absolute Gasteiger partial charge is 0.220 e. The third-order valence-corrected chi connectivity index (χ3v) is 4.31. The van der Waals surface area contributed by atoms with Gasteiger partial charge in [-0.2, -0.15) is 0 Å². The van der Waals surface area contributed by atoms with Gasteiger partial charge in [-0.05, 0) is 17.7 Å². The van der Waals surface area contributed by atoms with E-state index in [-0.39, 0.29) is 24.5 Å². The number of amides is 1. The van der Waals surface area contributed by atoms with Crippen molar-refractivity contribution in [3.63, 3.8) is 0 Å². The molecule has 136 valence electrons. The molecular weight excluding hydrogens is 354 g/mol. The maximum atomic E-state index is 12.0. The van der Waals surface area contributed by atoms with Crippen LogP contribution in [0.15, 0.2) is 42.5 Å². The normalized spacial score (nSPS) is 13.0. The average Bonchev–Trinajstić information content (AvgIpc) is 2.91. The first-order chi connectivity index (χ1) is 12.6. The van der Waals surface area contributed by atoms with Crippen LogP contribution in [0.1, 0.15) is 35.2 Å². The van der Waals surface area contributed by atoms with Gasteiger partial charge in [-0.3, -0.25) is 9.59 Å². The highest BCUT2D eigenvalue weighted by atomic mass is 35.5. The van der Waals surface area contributed by atoms with Crippen LogP contribution in [0.2, 0.25) is 5.02 Å². The number of fused-ring (bicyclic) bond motifs is 1. The predicted molar refractivity (Wildman–Crippen MR) is 98.9 cm³/mol. The van der Waals surface area contributed by atoms with Crippen LogP contribution in [0.5, 0.6) is 11.5 Å². The van der Waals surface area contributed by atoms with Crippen molar-refractivity contribution in [1.29, 1.82) is 0 Å². The van der Waals surface area contributed by atoms with Gasteiger partial charge in [0.2, 0.25) is 5.91 Å². The Morgan fingerprint density at radius 1 is 1.04 bits per heavy atom. The molecule has 5 nitrogen and oxygen atoms in total. The van der Waals surface area contributed by atoms with E-state index in [0.717, 1.165) is 12.0 Å². The molecule has 1 heterocycles. The van der Waals surface area contributed by atoms with E-state index in [2.05, 4.69) is 5.32 Å². The maximum absolute atomic E-state index is 12.0. The van der Waals surface area contributed by atoms with Crippen molar-refractivity contribution < 1.29 is 19.1 Å². The van der Waals surface area contributed by atoms with Crippen molar-refractivity contribution in [1.82, 2.24) is 5.32 Å². The number of carbonyl (C=O) groups excluding carboxylic acids is 2. The first-order valence-corrected chi connectivity index (χ1v) is 8.94. The number of hydrogen-bond donors (Lipinski definition) is 1. The number of nitrogens with one attached hydrogen (secondary N) is 1. The minimum absolute atomic E-state index is 0.0422. The van der Waals surface area contributed by atoms with Gasteiger partial charge in [0.25, 0.3) is 0 Å². The Kier molecular flexibility index (Phi) is 6.12. The van der Waals surface area contributed by atoms with Crippen LogP contribution in [0.3, 0.4) is 0 Å². The summed E-state index contributed by atoms with van der Waals surface area (Å²) in [6.45, 7) is 1.45. The summed E-state index contributed by atoms with van der Waals surface area (Å²) in [5.41, 5.74) is 1.44. The van der Waals surface area contributed by atoms with E-state index in [1.165, 1.54) is 0 Å². The fraction of sp³-hybridized carbons (Fsp3) is 0.300. The minimum atomic E-state index is -0.183. The monoisotopic (exact) mass is 373 g/mol. The molecule has 1 amide bonds. The number of benzene rings is 2. The highest BCUT2D eigenvalue weighted by Crippen LogP contribution is 2.37. The van der Waals surface area contributed by atoms with E-state index in [9.17, 15) is 9.59 Å². The molecule has 0 saturated heterocycles. The zero-order valence-electron chi connectivity index (χ0n) is 14.3. The van der Waals surface area contributed by atoms with E-state index >= 15 is 0 Å². The van der Waals surface area contributed by atoms with E-state index in [4.69, 9.17) is 21.1 Å². The van der Waals surface area contributed by atoms with E-state index in [0.29, 0.717) is 41.8 Å². The number of ether oxygens (including phenoxy) is 2. The molecule has 0 aliphatic carbocycles. The van der Waals surface area contributed by atoms with Crippen molar-refractivity contribution in [3.8, 4) is 11.5 Å². The molecule has 0 saturated carbocycles. The molecular formula is C20H20ClNO4. The Bertz CT molecular complexity index is 792. The minimum Gasteiger partial charge on any atom is -0.489 e. The molecule has 0 bridgehead atoms. The summed E-state index contributed by atoms with van der Waals surface area (Å²) in [5, 5.41) is 3.27. The topological polar surface area (TPSA) is 64.6 Å². The Hall–Kier alpha value is -2.53. The van der Waals surface area contributed by atoms with Crippen LogP contribution in [0, 0.1) is 0 Å². The molecule has 3 rings (SSSR count). The highest BCUT2D eigenvalue weighted by Gasteiger charge is 2.16. The summed E-state index contributed by atoms with van der Waals surface area (Å²) in [6.07, 6.45) is 1.12. The molecule has 0 radical (unpaired) electrons. The highest BCUT2D eigenvalue weighted by molar-refractivity contribution is 6.32. The summed E-state index contributed by atoms with van der Waals surface area (Å²) in [4.78, 5) is 24.1. The molecule has 2 aromatic carbocycles. The van der Waals surface area contributed by atoms with Crippen molar-refractivity contribution in [2.24, 2.45) is 0 Å². The fourth-order valence-electron chi connectivity index (χ4n) is 2.67. The van der Waals surface area contributed by atoms with Gasteiger partial charge in [-0.15, -0.1) is 0 Å². The maximum Gasteiger partial charge on any atom is 0.220 e. The summed E-state index contributed by atoms with van der Waals surface area (Å²) in [6, 6.07) is 12.5. The van der Waals surface area contributed by atoms with Gasteiger partial charge >= 0.3 is 0 Å². The van der Waals surface area contributed by atoms with E-state index < -0.39 is 0 Å². The Morgan fingerprint density at radius 3 is 2.62 bits per heavy atom. The van der Waals surface area contributed by atoms with Crippen LogP contribution >= 0.6 is 11.6 Å². The van der Waals surface area contributed by atoms with Crippen LogP contribution < -0.4 is 14.8 Å². The standard InChI is InChI=1S/C20H20ClNO4/c21-16-11-14(12-18-20(16)26-10-4-9-25-18)13-22-19(24)8-7-17(23)15-5-2-1-3-6-15/h1-3,5-6,11-12H,4,7-10,13H2,(H,22,24). The van der Waals surface area contributed by atoms with E-state index in [1.807, 2.05) is 12.1 Å². The summed E-state index contributed by atoms with van der Waals surface area (Å²) >= 11 is 6.24. The van der Waals surface area contributed by atoms with Gasteiger partial charge in [0.05, 0.1) is 18.2 Å². The lowest BCUT2D eigenvalue weighted by Crippen LogP contribution is -2.23. The second kappa shape index (κ2) is 8.72. The van der Waals surface area contributed by atoms with Crippen molar-refractivity contribution in [2.45, 2.75) is 25.8 Å². The zero-order chi connectivity index (χ0) is 18.4. The number of Topliss-reactive ketones (excluding diaryl/α,β-unsaturated/α-hetero) is 1. The van der Waals surface area contributed by atoms with Gasteiger partial charge < -0.3 is 14.8 Å². The lowest BCUT2D eigenvalue weighted by molar-refractivity contribution is -0.121. The molecule has 0 spiro atoms. The van der Waals surface area contributed by atoms with Gasteiger partial charge in [-0.1, -0.05) is 41.9 Å². The molecule has 1 aliphatic heterocycles. The first-order valence-electron chi connectivity index (χ1n) is 8.56. The van der Waals surface area contributed by atoms with Crippen molar-refractivity contribution in [3.05, 3.63) is 58.6 Å². The third kappa shape index (κ3) is 4.76. The number of carbonyl (C=O) groups is 2. The lowest BCUT2D eigenvalue weighted by atomic mass is 10.1. The second-order valence-electron chi connectivity index (χ2n) is 6.02. The van der Waals surface area contributed by atoms with Gasteiger partial charge in [0.1, 0.15) is 0 Å². The van der Waals surface area contributed by atoms with Crippen LogP contribution in [0.25, 0.3) is 0 Å². The molecule has 1 N–H and O–H groups in total. The average molecular weight is 374 g/mol. The molecule has 0 atom stereocenters. The molecule has 0 fully saturated rings. The number of rotatable bonds is 6. The van der Waals surface area contributed by atoms with Crippen LogP contribution in [-0.2, 0) is 11.3 Å². The molecule has 6 heteroatoms. The third-order valence-electron chi connectivity index (χ3n) is 4.03. The van der Waals surface area contributed by atoms with Crippen molar-refractivity contribution >= 4 is 23.3 Å². The summed E-state index contributed by atoms with van der Waals surface area (Å²) < 4.78 is 11.2. The van der Waals surface area contributed by atoms with Gasteiger partial charge in [0, 0.05) is 31.4 Å². The van der Waals surface area contributed by atoms with E-state index in [1.54, 1.807) is 30.3 Å². The second-order valence-corrected chi connectivity index (χ2v) is 6.43. The quantitative estimate of drug-likeness (QED) is 0.782. The largest absolute Gasteiger partial charge is 0.489 e. The number of halogens is 1. The van der Waals surface area contributed by atoms with Crippen molar-refractivity contribution in [2.75, 3.05) is 13.2 Å². The number of ketones is 1.